The first-order valence-corrected chi connectivity index (χ1v) is 8.14. The molecule has 2 aromatic heterocycles. The maximum Gasteiger partial charge on any atom is 0.298 e. The van der Waals surface area contributed by atoms with E-state index in [4.69, 9.17) is 20.4 Å². The molecule has 1 fully saturated rings. The molecule has 0 aliphatic carbocycles. The number of oxazole rings is 1. The van der Waals surface area contributed by atoms with Crippen LogP contribution in [0.15, 0.2) is 33.1 Å². The lowest BCUT2D eigenvalue weighted by Crippen LogP contribution is -2.50. The van der Waals surface area contributed by atoms with Gasteiger partial charge in [0.25, 0.3) is 6.01 Å². The lowest BCUT2D eigenvalue weighted by molar-refractivity contribution is 0.456. The highest BCUT2D eigenvalue weighted by molar-refractivity contribution is 6.31. The second kappa shape index (κ2) is 5.58. The van der Waals surface area contributed by atoms with Gasteiger partial charge in [0.05, 0.1) is 5.56 Å². The molecule has 120 valence electrons. The third kappa shape index (κ3) is 2.60. The van der Waals surface area contributed by atoms with Gasteiger partial charge in [-0.1, -0.05) is 11.6 Å². The number of rotatable bonds is 2. The Morgan fingerprint density at radius 3 is 2.91 bits per heavy atom. The lowest BCUT2D eigenvalue weighted by Gasteiger charge is -2.32. The van der Waals surface area contributed by atoms with E-state index in [-0.39, 0.29) is 0 Å². The molecule has 1 unspecified atom stereocenters. The van der Waals surface area contributed by atoms with Crippen molar-refractivity contribution in [3.63, 3.8) is 0 Å². The first-order chi connectivity index (χ1) is 11.1. The Morgan fingerprint density at radius 1 is 1.30 bits per heavy atom. The highest BCUT2D eigenvalue weighted by Gasteiger charge is 2.24. The highest BCUT2D eigenvalue weighted by atomic mass is 35.5. The number of piperazine rings is 1. The van der Waals surface area contributed by atoms with E-state index in [0.717, 1.165) is 42.2 Å². The smallest absolute Gasteiger partial charge is 0.298 e. The monoisotopic (exact) mass is 331 g/mol. The predicted octanol–water partition coefficient (Wildman–Crippen LogP) is 3.85. The van der Waals surface area contributed by atoms with Gasteiger partial charge >= 0.3 is 0 Å². The van der Waals surface area contributed by atoms with Crippen LogP contribution >= 0.6 is 11.6 Å². The number of halogens is 1. The second-order valence-corrected chi connectivity index (χ2v) is 6.39. The van der Waals surface area contributed by atoms with Crippen LogP contribution in [0.25, 0.3) is 22.4 Å². The summed E-state index contributed by atoms with van der Waals surface area (Å²) in [7, 11) is 0. The molecule has 1 aliphatic rings. The van der Waals surface area contributed by atoms with E-state index in [1.807, 2.05) is 31.2 Å². The zero-order valence-electron chi connectivity index (χ0n) is 13.1. The molecule has 23 heavy (non-hydrogen) atoms. The summed E-state index contributed by atoms with van der Waals surface area (Å²) in [5.41, 5.74) is 2.30. The fourth-order valence-corrected chi connectivity index (χ4v) is 3.21. The molecule has 1 aliphatic heterocycles. The molecule has 5 nitrogen and oxygen atoms in total. The van der Waals surface area contributed by atoms with Crippen LogP contribution in [-0.2, 0) is 0 Å². The minimum absolute atomic E-state index is 0.335. The fourth-order valence-electron chi connectivity index (χ4n) is 3.00. The maximum absolute atomic E-state index is 6.26. The average Bonchev–Trinajstić information content (AvgIpc) is 3.13. The molecule has 0 saturated carbocycles. The standard InChI is InChI=1S/C17H18ClN3O2/c1-10-9-19-5-6-21(10)17-20-14-8-12(18)7-13(16(14)23-17)15-4-3-11(2)22-15/h3-4,7-8,10,19H,5-6,9H2,1-2H3. The lowest BCUT2D eigenvalue weighted by atomic mass is 10.1. The van der Waals surface area contributed by atoms with Crippen LogP contribution in [-0.4, -0.2) is 30.7 Å². The summed E-state index contributed by atoms with van der Waals surface area (Å²) in [6, 6.07) is 8.52. The first kappa shape index (κ1) is 14.6. The number of hydrogen-bond donors (Lipinski definition) is 1. The van der Waals surface area contributed by atoms with Crippen LogP contribution in [0.5, 0.6) is 0 Å². The normalized spacial score (nSPS) is 18.7. The van der Waals surface area contributed by atoms with Crippen LogP contribution < -0.4 is 10.2 Å². The Kier molecular flexibility index (Phi) is 3.54. The zero-order valence-corrected chi connectivity index (χ0v) is 13.9. The van der Waals surface area contributed by atoms with E-state index in [9.17, 15) is 0 Å². The summed E-state index contributed by atoms with van der Waals surface area (Å²) >= 11 is 6.26. The number of hydrogen-bond acceptors (Lipinski definition) is 5. The fraction of sp³-hybridized carbons (Fsp3) is 0.353. The van der Waals surface area contributed by atoms with Gasteiger partial charge in [-0.15, -0.1) is 0 Å². The summed E-state index contributed by atoms with van der Waals surface area (Å²) < 4.78 is 11.8. The van der Waals surface area contributed by atoms with Gasteiger partial charge in [0, 0.05) is 30.7 Å². The van der Waals surface area contributed by atoms with Crippen molar-refractivity contribution < 1.29 is 8.83 Å². The molecule has 4 rings (SSSR count). The summed E-state index contributed by atoms with van der Waals surface area (Å²) in [6.45, 7) is 6.79. The molecule has 1 aromatic carbocycles. The van der Waals surface area contributed by atoms with Crippen LogP contribution in [0.1, 0.15) is 12.7 Å². The molecule has 0 spiro atoms. The van der Waals surface area contributed by atoms with Gasteiger partial charge in [-0.05, 0) is 38.1 Å². The first-order valence-electron chi connectivity index (χ1n) is 7.76. The largest absolute Gasteiger partial charge is 0.461 e. The van der Waals surface area contributed by atoms with E-state index in [1.54, 1.807) is 0 Å². The summed E-state index contributed by atoms with van der Waals surface area (Å²) in [6.07, 6.45) is 0. The Balaban J connectivity index is 1.84. The third-order valence-corrected chi connectivity index (χ3v) is 4.41. The molecular weight excluding hydrogens is 314 g/mol. The van der Waals surface area contributed by atoms with Crippen LogP contribution in [0.2, 0.25) is 5.02 Å². The number of nitrogens with one attached hydrogen (secondary N) is 1. The Bertz CT molecular complexity index is 855. The molecule has 0 amide bonds. The number of benzene rings is 1. The molecule has 3 aromatic rings. The van der Waals surface area contributed by atoms with E-state index < -0.39 is 0 Å². The van der Waals surface area contributed by atoms with Crippen molar-refractivity contribution in [2.75, 3.05) is 24.5 Å². The maximum atomic E-state index is 6.26. The molecular formula is C17H18ClN3O2. The van der Waals surface area contributed by atoms with Crippen LogP contribution in [0, 0.1) is 6.92 Å². The van der Waals surface area contributed by atoms with Crippen molar-refractivity contribution in [2.24, 2.45) is 0 Å². The molecule has 3 heterocycles. The predicted molar refractivity (Wildman–Crippen MR) is 91.1 cm³/mol. The van der Waals surface area contributed by atoms with Crippen molar-refractivity contribution in [3.8, 4) is 11.3 Å². The van der Waals surface area contributed by atoms with Crippen molar-refractivity contribution in [3.05, 3.63) is 35.0 Å². The Morgan fingerprint density at radius 2 is 2.17 bits per heavy atom. The van der Waals surface area contributed by atoms with Gasteiger partial charge in [0.15, 0.2) is 5.58 Å². The van der Waals surface area contributed by atoms with Gasteiger partial charge in [-0.3, -0.25) is 0 Å². The number of anilines is 1. The number of aryl methyl sites for hydroxylation is 1. The number of nitrogens with zero attached hydrogens (tertiary/aromatic N) is 2. The Hall–Kier alpha value is -1.98. The molecule has 1 atom stereocenters. The SMILES string of the molecule is Cc1ccc(-c2cc(Cl)cc3nc(N4CCNCC4C)oc23)o1. The second-order valence-electron chi connectivity index (χ2n) is 5.95. The van der Waals surface area contributed by atoms with Crippen molar-refractivity contribution in [2.45, 2.75) is 19.9 Å². The van der Waals surface area contributed by atoms with Gasteiger partial charge in [0.1, 0.15) is 17.0 Å². The highest BCUT2D eigenvalue weighted by Crippen LogP contribution is 2.35. The van der Waals surface area contributed by atoms with E-state index >= 15 is 0 Å². The average molecular weight is 332 g/mol. The van der Waals surface area contributed by atoms with Gasteiger partial charge in [0.2, 0.25) is 0 Å². The van der Waals surface area contributed by atoms with Gasteiger partial charge in [-0.2, -0.15) is 4.98 Å². The van der Waals surface area contributed by atoms with Crippen LogP contribution in [0.3, 0.4) is 0 Å². The minimum Gasteiger partial charge on any atom is -0.461 e. The van der Waals surface area contributed by atoms with Crippen molar-refractivity contribution in [1.29, 1.82) is 0 Å². The number of aromatic nitrogens is 1. The molecule has 6 heteroatoms. The number of fused-ring (bicyclic) bond motifs is 1. The minimum atomic E-state index is 0.335. The summed E-state index contributed by atoms with van der Waals surface area (Å²) in [5.74, 6) is 1.59. The quantitative estimate of drug-likeness (QED) is 0.773. The van der Waals surface area contributed by atoms with Gasteiger partial charge < -0.3 is 19.1 Å². The van der Waals surface area contributed by atoms with Crippen LogP contribution in [0.4, 0.5) is 6.01 Å². The molecule has 1 saturated heterocycles. The summed E-state index contributed by atoms with van der Waals surface area (Å²) in [4.78, 5) is 6.83. The van der Waals surface area contributed by atoms with Gasteiger partial charge in [-0.25, -0.2) is 0 Å². The molecule has 1 N–H and O–H groups in total. The molecule has 0 radical (unpaired) electrons. The summed E-state index contributed by atoms with van der Waals surface area (Å²) in [5, 5.41) is 3.99. The zero-order chi connectivity index (χ0) is 16.0. The Labute approximate surface area is 139 Å². The number of furan rings is 1. The third-order valence-electron chi connectivity index (χ3n) is 4.20. The van der Waals surface area contributed by atoms with E-state index in [2.05, 4.69) is 22.1 Å². The van der Waals surface area contributed by atoms with Crippen molar-refractivity contribution >= 4 is 28.7 Å². The van der Waals surface area contributed by atoms with Crippen molar-refractivity contribution in [1.82, 2.24) is 10.3 Å². The molecule has 0 bridgehead atoms. The van der Waals surface area contributed by atoms with E-state index in [1.165, 1.54) is 0 Å². The topological polar surface area (TPSA) is 54.4 Å². The van der Waals surface area contributed by atoms with E-state index in [0.29, 0.717) is 22.7 Å².